The summed E-state index contributed by atoms with van der Waals surface area (Å²) < 4.78 is 0. The lowest BCUT2D eigenvalue weighted by molar-refractivity contribution is 1.27. The molecule has 0 amide bonds. The Labute approximate surface area is 60.6 Å². The summed E-state index contributed by atoms with van der Waals surface area (Å²) in [5.74, 6) is 0. The van der Waals surface area contributed by atoms with Crippen LogP contribution in [0.1, 0.15) is 6.42 Å². The lowest BCUT2D eigenvalue weighted by atomic mass is 10.5. The van der Waals surface area contributed by atoms with E-state index in [1.807, 2.05) is 6.08 Å². The molecule has 0 nitrogen and oxygen atoms in total. The van der Waals surface area contributed by atoms with Crippen LogP contribution in [0.3, 0.4) is 0 Å². The van der Waals surface area contributed by atoms with Crippen molar-refractivity contribution in [2.75, 3.05) is 5.33 Å². The molecule has 7 heavy (non-hydrogen) atoms. The van der Waals surface area contributed by atoms with Gasteiger partial charge < -0.3 is 0 Å². The molecule has 0 atom stereocenters. The molecular weight excluding hydrogens is 220 g/mol. The molecule has 0 heterocycles. The third-order valence-electron chi connectivity index (χ3n) is 0.434. The minimum absolute atomic E-state index is 1.01. The zero-order valence-electron chi connectivity index (χ0n) is 3.82. The molecule has 2 heteroatoms. The number of alkyl halides is 1. The van der Waals surface area contributed by atoms with Crippen LogP contribution in [0.25, 0.3) is 0 Å². The van der Waals surface area contributed by atoms with Gasteiger partial charge in [-0.15, -0.1) is 5.73 Å². The molecule has 0 saturated heterocycles. The Hall–Kier alpha value is 0.480. The molecule has 0 unspecified atom stereocenters. The highest BCUT2D eigenvalue weighted by Gasteiger charge is 1.66. The first-order chi connectivity index (χ1) is 3.41. The number of hydrogen-bond acceptors (Lipinski definition) is 0. The van der Waals surface area contributed by atoms with Crippen molar-refractivity contribution in [3.63, 3.8) is 0 Å². The number of hydrogen-bond donors (Lipinski definition) is 0. The van der Waals surface area contributed by atoms with E-state index in [0.717, 1.165) is 11.8 Å². The smallest absolute Gasteiger partial charge is 0.0228 e. The SMILES string of the molecule is BrC=C=CCCBr. The van der Waals surface area contributed by atoms with Crippen LogP contribution in [0.2, 0.25) is 0 Å². The maximum absolute atomic E-state index is 3.28. The van der Waals surface area contributed by atoms with Crippen LogP contribution in [-0.4, -0.2) is 5.33 Å². The van der Waals surface area contributed by atoms with Crippen molar-refractivity contribution in [2.24, 2.45) is 0 Å². The van der Waals surface area contributed by atoms with Crippen molar-refractivity contribution >= 4 is 31.9 Å². The van der Waals surface area contributed by atoms with Gasteiger partial charge in [-0.3, -0.25) is 0 Å². The maximum Gasteiger partial charge on any atom is 0.0228 e. The van der Waals surface area contributed by atoms with E-state index in [9.17, 15) is 0 Å². The van der Waals surface area contributed by atoms with Crippen LogP contribution < -0.4 is 0 Å². The standard InChI is InChI=1S/C5H6Br2/c6-4-2-1-3-5-7/h1,5H,2,4H2. The van der Waals surface area contributed by atoms with Gasteiger partial charge in [-0.2, -0.15) is 0 Å². The molecule has 0 aliphatic carbocycles. The van der Waals surface area contributed by atoms with E-state index in [4.69, 9.17) is 0 Å². The second-order valence-corrected chi connectivity index (χ2v) is 2.21. The van der Waals surface area contributed by atoms with Gasteiger partial charge in [-0.05, 0) is 12.5 Å². The normalized spacial score (nSPS) is 7.14. The minimum Gasteiger partial charge on any atom is -0.118 e. The van der Waals surface area contributed by atoms with E-state index in [-0.39, 0.29) is 0 Å². The third-order valence-corrected chi connectivity index (χ3v) is 1.16. The van der Waals surface area contributed by atoms with Gasteiger partial charge >= 0.3 is 0 Å². The van der Waals surface area contributed by atoms with Gasteiger partial charge in [0.15, 0.2) is 0 Å². The second kappa shape index (κ2) is 6.48. The highest BCUT2D eigenvalue weighted by molar-refractivity contribution is 9.11. The van der Waals surface area contributed by atoms with Crippen LogP contribution in [0.5, 0.6) is 0 Å². The fourth-order valence-electron chi connectivity index (χ4n) is 0.182. The molecule has 0 aliphatic rings. The largest absolute Gasteiger partial charge is 0.118 e. The molecule has 0 aromatic carbocycles. The number of allylic oxidation sites excluding steroid dienone is 1. The Morgan fingerprint density at radius 2 is 2.29 bits per heavy atom. The van der Waals surface area contributed by atoms with Crippen molar-refractivity contribution in [1.29, 1.82) is 0 Å². The molecule has 40 valence electrons. The summed E-state index contributed by atoms with van der Waals surface area (Å²) in [4.78, 5) is 1.72. The average molecular weight is 226 g/mol. The molecule has 0 N–H and O–H groups in total. The summed E-state index contributed by atoms with van der Waals surface area (Å²) in [6.45, 7) is 0. The summed E-state index contributed by atoms with van der Waals surface area (Å²) in [5.41, 5.74) is 2.89. The van der Waals surface area contributed by atoms with Gasteiger partial charge in [0, 0.05) is 10.3 Å². The van der Waals surface area contributed by atoms with Crippen molar-refractivity contribution in [3.05, 3.63) is 16.8 Å². The third kappa shape index (κ3) is 6.48. The Bertz CT molecular complexity index is 80.1. The number of halogens is 2. The first-order valence-corrected chi connectivity index (χ1v) is 4.01. The quantitative estimate of drug-likeness (QED) is 0.501. The Morgan fingerprint density at radius 3 is 2.71 bits per heavy atom. The molecule has 0 rings (SSSR count). The molecule has 0 aliphatic heterocycles. The van der Waals surface area contributed by atoms with Gasteiger partial charge in [0.25, 0.3) is 0 Å². The lowest BCUT2D eigenvalue weighted by Gasteiger charge is -1.72. The average Bonchev–Trinajstić information content (AvgIpc) is 1.69. The predicted molar refractivity (Wildman–Crippen MR) is 40.0 cm³/mol. The van der Waals surface area contributed by atoms with Crippen molar-refractivity contribution in [2.45, 2.75) is 6.42 Å². The fourth-order valence-corrected chi connectivity index (χ4v) is 0.598. The van der Waals surface area contributed by atoms with E-state index >= 15 is 0 Å². The first-order valence-electron chi connectivity index (χ1n) is 1.97. The summed E-state index contributed by atoms with van der Waals surface area (Å²) in [6, 6.07) is 0. The first kappa shape index (κ1) is 7.48. The fraction of sp³-hybridized carbons (Fsp3) is 0.400. The Morgan fingerprint density at radius 1 is 1.57 bits per heavy atom. The molecule has 0 aromatic rings. The van der Waals surface area contributed by atoms with E-state index in [0.29, 0.717) is 0 Å². The molecule has 0 fully saturated rings. The highest BCUT2D eigenvalue weighted by atomic mass is 79.9. The van der Waals surface area contributed by atoms with Gasteiger partial charge in [0.1, 0.15) is 0 Å². The summed E-state index contributed by atoms with van der Waals surface area (Å²) in [7, 11) is 0. The zero-order valence-corrected chi connectivity index (χ0v) is 7.00. The second-order valence-electron chi connectivity index (χ2n) is 0.958. The van der Waals surface area contributed by atoms with E-state index in [2.05, 4.69) is 37.6 Å². The van der Waals surface area contributed by atoms with E-state index < -0.39 is 0 Å². The van der Waals surface area contributed by atoms with Crippen LogP contribution in [0.15, 0.2) is 16.8 Å². The summed E-state index contributed by atoms with van der Waals surface area (Å²) in [6.07, 6.45) is 3.01. The predicted octanol–water partition coefficient (Wildman–Crippen LogP) is 2.84. The monoisotopic (exact) mass is 224 g/mol. The van der Waals surface area contributed by atoms with Crippen LogP contribution >= 0.6 is 31.9 Å². The van der Waals surface area contributed by atoms with E-state index in [1.54, 1.807) is 4.99 Å². The molecule has 0 saturated carbocycles. The molecule has 0 aromatic heterocycles. The van der Waals surface area contributed by atoms with Crippen LogP contribution in [0, 0.1) is 0 Å². The van der Waals surface area contributed by atoms with Crippen molar-refractivity contribution < 1.29 is 0 Å². The summed E-state index contributed by atoms with van der Waals surface area (Å²) >= 11 is 6.38. The minimum atomic E-state index is 1.01. The maximum atomic E-state index is 3.28. The molecule has 0 bridgehead atoms. The highest BCUT2D eigenvalue weighted by Crippen LogP contribution is 1.87. The number of rotatable bonds is 2. The molecule has 0 radical (unpaired) electrons. The molecule has 0 spiro atoms. The zero-order chi connectivity index (χ0) is 5.54. The molecular formula is C5H6Br2. The Kier molecular flexibility index (Phi) is 6.92. The van der Waals surface area contributed by atoms with Gasteiger partial charge in [-0.25, -0.2) is 0 Å². The topological polar surface area (TPSA) is 0 Å². The lowest BCUT2D eigenvalue weighted by Crippen LogP contribution is -1.59. The Balaban J connectivity index is 3.10. The van der Waals surface area contributed by atoms with Gasteiger partial charge in [0.2, 0.25) is 0 Å². The summed E-state index contributed by atoms with van der Waals surface area (Å²) in [5, 5.41) is 1.01. The van der Waals surface area contributed by atoms with Crippen molar-refractivity contribution in [3.8, 4) is 0 Å². The van der Waals surface area contributed by atoms with E-state index in [1.165, 1.54) is 0 Å². The van der Waals surface area contributed by atoms with Crippen LogP contribution in [0.4, 0.5) is 0 Å². The van der Waals surface area contributed by atoms with Crippen LogP contribution in [-0.2, 0) is 0 Å². The van der Waals surface area contributed by atoms with Gasteiger partial charge in [-0.1, -0.05) is 31.9 Å². The van der Waals surface area contributed by atoms with Crippen molar-refractivity contribution in [1.82, 2.24) is 0 Å². The van der Waals surface area contributed by atoms with Gasteiger partial charge in [0.05, 0.1) is 0 Å².